The topological polar surface area (TPSA) is 40.5 Å². The lowest BCUT2D eigenvalue weighted by molar-refractivity contribution is -1.25. The van der Waals surface area contributed by atoms with E-state index in [1.54, 1.807) is 13.8 Å². The molecule has 3 nitrogen and oxygen atoms in total. The minimum absolute atomic E-state index is 0. The normalized spacial score (nSPS) is 11.2. The van der Waals surface area contributed by atoms with Crippen LogP contribution < -0.4 is 0 Å². The number of hydrogen-bond acceptors (Lipinski definition) is 2. The highest BCUT2D eigenvalue weighted by Gasteiger charge is 2.18. The molecule has 52 valence electrons. The second-order valence-corrected chi connectivity index (χ2v) is 2.07. The minimum atomic E-state index is -0.944. The van der Waals surface area contributed by atoms with Gasteiger partial charge in [0, 0.05) is 0 Å². The monoisotopic (exact) mass is 121 g/mol. The number of hydroxylamine groups is 4. The van der Waals surface area contributed by atoms with Gasteiger partial charge in [-0.05, 0) is 18.7 Å². The molecule has 0 aliphatic rings. The molecule has 0 atom stereocenters. The second kappa shape index (κ2) is 3.07. The fourth-order valence-corrected chi connectivity index (χ4v) is 0. The molecule has 2 N–H and O–H groups in total. The summed E-state index contributed by atoms with van der Waals surface area (Å²) in [4.78, 5) is -0.944. The number of quaternary nitrogens is 1. The van der Waals surface area contributed by atoms with Gasteiger partial charge in [0.15, 0.2) is 0 Å². The Bertz CT molecular complexity index is 59.5. The van der Waals surface area contributed by atoms with E-state index in [9.17, 15) is 0 Å². The van der Waals surface area contributed by atoms with E-state index in [2.05, 4.69) is 0 Å². The minimum Gasteiger partial charge on any atom is -0.182 e. The first kappa shape index (κ1) is 10.8. The van der Waals surface area contributed by atoms with Crippen LogP contribution in [-0.4, -0.2) is 36.7 Å². The van der Waals surface area contributed by atoms with Crippen LogP contribution in [0.5, 0.6) is 0 Å². The van der Waals surface area contributed by atoms with Gasteiger partial charge in [0.2, 0.25) is 0 Å². The summed E-state index contributed by atoms with van der Waals surface area (Å²) in [5, 5.41) is 17.2. The Balaban J connectivity index is 0. The van der Waals surface area contributed by atoms with E-state index in [1.807, 2.05) is 0 Å². The number of hydrogen-bond donors (Lipinski definition) is 2. The molecule has 0 aliphatic carbocycles. The lowest BCUT2D eigenvalue weighted by Crippen LogP contribution is -2.42. The van der Waals surface area contributed by atoms with E-state index in [0.29, 0.717) is 0 Å². The third-order valence-electron chi connectivity index (χ3n) is 0.978. The highest BCUT2D eigenvalue weighted by atomic mass is 16.8. The highest BCUT2D eigenvalue weighted by molar-refractivity contribution is 5.75. The van der Waals surface area contributed by atoms with Crippen LogP contribution in [0.3, 0.4) is 0 Å². The number of rotatable bonds is 1. The molecule has 0 aromatic rings. The highest BCUT2D eigenvalue weighted by Crippen LogP contribution is 1.96. The standard InChI is InChI=1S/C4H12NO2.BH4/c1-4(2)5(3,6)7;/h4,6-7H,1-3H3;1H4/q+1;-1. The Morgan fingerprint density at radius 3 is 1.38 bits per heavy atom. The lowest BCUT2D eigenvalue weighted by Gasteiger charge is -2.18. The molecule has 0 bridgehead atoms. The smallest absolute Gasteiger partial charge is 0.146 e. The average molecular weight is 121 g/mol. The fourth-order valence-electron chi connectivity index (χ4n) is 0. The molecule has 0 aliphatic heterocycles. The van der Waals surface area contributed by atoms with E-state index in [-0.39, 0.29) is 14.5 Å². The molecule has 0 rings (SSSR count). The average Bonchev–Trinajstić information content (AvgIpc) is 1.31. The van der Waals surface area contributed by atoms with Crippen molar-refractivity contribution < 1.29 is 15.2 Å². The van der Waals surface area contributed by atoms with Gasteiger partial charge >= 0.3 is 0 Å². The molecular weight excluding hydrogens is 105 g/mol. The van der Waals surface area contributed by atoms with Gasteiger partial charge in [-0.25, -0.2) is 0 Å². The molecule has 0 amide bonds. The van der Waals surface area contributed by atoms with Crippen molar-refractivity contribution >= 4 is 8.41 Å². The van der Waals surface area contributed by atoms with Crippen LogP contribution >= 0.6 is 0 Å². The van der Waals surface area contributed by atoms with Crippen LogP contribution in [0.15, 0.2) is 0 Å². The van der Waals surface area contributed by atoms with Gasteiger partial charge in [0.25, 0.3) is 0 Å². The molecule has 0 saturated heterocycles. The van der Waals surface area contributed by atoms with Crippen LogP contribution in [-0.2, 0) is 0 Å². The second-order valence-electron chi connectivity index (χ2n) is 2.07. The largest absolute Gasteiger partial charge is 0.182 e. The van der Waals surface area contributed by atoms with Crippen LogP contribution in [0.4, 0.5) is 0 Å². The van der Waals surface area contributed by atoms with Gasteiger partial charge in [0.1, 0.15) is 13.1 Å². The van der Waals surface area contributed by atoms with Crippen LogP contribution in [0, 0.1) is 0 Å². The molecule has 0 aromatic heterocycles. The Kier molecular flexibility index (Phi) is 4.16. The van der Waals surface area contributed by atoms with E-state index in [4.69, 9.17) is 10.4 Å². The zero-order chi connectivity index (χ0) is 6.08. The van der Waals surface area contributed by atoms with Crippen molar-refractivity contribution in [1.82, 2.24) is 0 Å². The van der Waals surface area contributed by atoms with Crippen LogP contribution in [0.25, 0.3) is 0 Å². The molecule has 0 saturated carbocycles. The molecule has 0 unspecified atom stereocenters. The van der Waals surface area contributed by atoms with Gasteiger partial charge in [-0.15, -0.1) is 0 Å². The van der Waals surface area contributed by atoms with Gasteiger partial charge < -0.3 is 0 Å². The third-order valence-corrected chi connectivity index (χ3v) is 0.978. The molecule has 0 spiro atoms. The lowest BCUT2D eigenvalue weighted by atomic mass is 10.4. The summed E-state index contributed by atoms with van der Waals surface area (Å²) in [7, 11) is 1.31. The van der Waals surface area contributed by atoms with E-state index in [0.717, 1.165) is 0 Å². The summed E-state index contributed by atoms with van der Waals surface area (Å²) in [6.07, 6.45) is 0. The molecule has 4 heteroatoms. The molecular formula is C4H16BNO2. The van der Waals surface area contributed by atoms with Crippen molar-refractivity contribution in [2.45, 2.75) is 19.9 Å². The van der Waals surface area contributed by atoms with Gasteiger partial charge in [-0.3, -0.25) is 0 Å². The predicted molar refractivity (Wildman–Crippen MR) is 36.2 cm³/mol. The van der Waals surface area contributed by atoms with Crippen molar-refractivity contribution in [3.05, 3.63) is 0 Å². The zero-order valence-electron chi connectivity index (χ0n) is 4.92. The van der Waals surface area contributed by atoms with Gasteiger partial charge in [0.05, 0.1) is 0 Å². The van der Waals surface area contributed by atoms with Gasteiger partial charge in [-0.1, -0.05) is 8.41 Å². The first-order valence-corrected chi connectivity index (χ1v) is 2.26. The van der Waals surface area contributed by atoms with Crippen molar-refractivity contribution in [3.63, 3.8) is 0 Å². The van der Waals surface area contributed by atoms with Crippen LogP contribution in [0.1, 0.15) is 13.8 Å². The predicted octanol–water partition coefficient (Wildman–Crippen LogP) is -0.832. The number of nitrogens with zero attached hydrogens (tertiary/aromatic N) is 1. The maximum atomic E-state index is 8.59. The molecule has 0 radical (unpaired) electrons. The zero-order valence-corrected chi connectivity index (χ0v) is 4.92. The molecule has 8 heavy (non-hydrogen) atoms. The maximum Gasteiger partial charge on any atom is 0.146 e. The fraction of sp³-hybridized carbons (Fsp3) is 1.00. The molecule has 0 fully saturated rings. The first-order chi connectivity index (χ1) is 2.94. The van der Waals surface area contributed by atoms with Crippen molar-refractivity contribution in [2.24, 2.45) is 0 Å². The van der Waals surface area contributed by atoms with Crippen molar-refractivity contribution in [3.8, 4) is 0 Å². The van der Waals surface area contributed by atoms with Crippen molar-refractivity contribution in [1.29, 1.82) is 0 Å². The summed E-state index contributed by atoms with van der Waals surface area (Å²) < 4.78 is 0. The van der Waals surface area contributed by atoms with E-state index >= 15 is 0 Å². The Morgan fingerprint density at radius 1 is 1.25 bits per heavy atom. The summed E-state index contributed by atoms with van der Waals surface area (Å²) in [6.45, 7) is 3.44. The Labute approximate surface area is 51.6 Å². The Hall–Kier alpha value is -0.0551. The van der Waals surface area contributed by atoms with Crippen LogP contribution in [0.2, 0.25) is 0 Å². The summed E-state index contributed by atoms with van der Waals surface area (Å²) in [5.41, 5.74) is 0. The summed E-state index contributed by atoms with van der Waals surface area (Å²) in [5.74, 6) is 0. The molecule has 0 heterocycles. The summed E-state index contributed by atoms with van der Waals surface area (Å²) >= 11 is 0. The van der Waals surface area contributed by atoms with Crippen molar-refractivity contribution in [2.75, 3.05) is 7.05 Å². The summed E-state index contributed by atoms with van der Waals surface area (Å²) in [6, 6.07) is -0.153. The molecule has 0 aromatic carbocycles. The van der Waals surface area contributed by atoms with E-state index in [1.165, 1.54) is 7.05 Å². The third kappa shape index (κ3) is 4.11. The first-order valence-electron chi connectivity index (χ1n) is 2.26. The SMILES string of the molecule is CC(C)[N+](C)(O)O.[BH4-]. The maximum absolute atomic E-state index is 8.59. The van der Waals surface area contributed by atoms with Gasteiger partial charge in [-0.2, -0.15) is 10.4 Å². The van der Waals surface area contributed by atoms with E-state index < -0.39 is 4.81 Å². The Morgan fingerprint density at radius 2 is 1.38 bits per heavy atom. The quantitative estimate of drug-likeness (QED) is 0.270.